The molecule has 0 radical (unpaired) electrons. The largest absolute Gasteiger partial charge is 0.340 e. The molecule has 0 unspecified atom stereocenters. The first-order valence-electron chi connectivity index (χ1n) is 6.27. The molecule has 0 saturated heterocycles. The summed E-state index contributed by atoms with van der Waals surface area (Å²) in [5.41, 5.74) is -0.450. The van der Waals surface area contributed by atoms with E-state index in [9.17, 15) is 18.9 Å². The highest BCUT2D eigenvalue weighted by atomic mass is 35.5. The van der Waals surface area contributed by atoms with Crippen molar-refractivity contribution in [3.63, 3.8) is 0 Å². The molecule has 0 amide bonds. The van der Waals surface area contributed by atoms with Gasteiger partial charge in [-0.05, 0) is 30.3 Å². The number of halogens is 3. The molecule has 1 N–H and O–H groups in total. The number of aromatic nitrogens is 2. The minimum absolute atomic E-state index is 0.0922. The van der Waals surface area contributed by atoms with Crippen LogP contribution in [0.1, 0.15) is 0 Å². The van der Waals surface area contributed by atoms with E-state index in [1.54, 1.807) is 0 Å². The number of hydrogen-bond donors (Lipinski definition) is 1. The van der Waals surface area contributed by atoms with E-state index < -0.39 is 22.2 Å². The van der Waals surface area contributed by atoms with Crippen LogP contribution in [-0.4, -0.2) is 14.9 Å². The van der Waals surface area contributed by atoms with Crippen molar-refractivity contribution >= 4 is 39.7 Å². The summed E-state index contributed by atoms with van der Waals surface area (Å²) in [6.45, 7) is 0. The first-order chi connectivity index (χ1) is 11.0. The number of nitrogens with zero attached hydrogens (tertiary/aromatic N) is 3. The van der Waals surface area contributed by atoms with Gasteiger partial charge in [0.25, 0.3) is 0 Å². The average molecular weight is 337 g/mol. The minimum Gasteiger partial charge on any atom is -0.340 e. The Hall–Kier alpha value is -2.87. The number of anilines is 2. The molecule has 0 spiro atoms. The molecule has 2 aromatic carbocycles. The van der Waals surface area contributed by atoms with Gasteiger partial charge in [-0.3, -0.25) is 10.1 Å². The van der Waals surface area contributed by atoms with Gasteiger partial charge in [0.1, 0.15) is 18.0 Å². The molecule has 1 heterocycles. The number of nitro groups is 1. The third-order valence-electron chi connectivity index (χ3n) is 3.10. The zero-order valence-corrected chi connectivity index (χ0v) is 12.0. The van der Waals surface area contributed by atoms with Gasteiger partial charge in [-0.25, -0.2) is 14.4 Å². The summed E-state index contributed by atoms with van der Waals surface area (Å²) >= 11 is 5.70. The lowest BCUT2D eigenvalue weighted by atomic mass is 10.2. The number of benzene rings is 2. The number of nitrogens with one attached hydrogen (secondary N) is 1. The lowest BCUT2D eigenvalue weighted by molar-refractivity contribution is -0.385. The van der Waals surface area contributed by atoms with Gasteiger partial charge < -0.3 is 5.32 Å². The van der Waals surface area contributed by atoms with Crippen molar-refractivity contribution in [3.8, 4) is 0 Å². The normalized spacial score (nSPS) is 10.7. The Morgan fingerprint density at radius 2 is 1.87 bits per heavy atom. The zero-order chi connectivity index (χ0) is 16.6. The monoisotopic (exact) mass is 336 g/mol. The molecule has 0 saturated carbocycles. The first-order valence-corrected chi connectivity index (χ1v) is 6.65. The van der Waals surface area contributed by atoms with Gasteiger partial charge in [-0.15, -0.1) is 0 Å². The van der Waals surface area contributed by atoms with Crippen molar-refractivity contribution in [1.29, 1.82) is 0 Å². The summed E-state index contributed by atoms with van der Waals surface area (Å²) in [7, 11) is 0. The van der Waals surface area contributed by atoms with Gasteiger partial charge in [-0.1, -0.05) is 11.6 Å². The molecule has 3 rings (SSSR count). The van der Waals surface area contributed by atoms with Crippen LogP contribution in [0.15, 0.2) is 36.7 Å². The molecule has 6 nitrogen and oxygen atoms in total. The van der Waals surface area contributed by atoms with Crippen molar-refractivity contribution in [3.05, 3.63) is 63.4 Å². The van der Waals surface area contributed by atoms with Gasteiger partial charge in [0, 0.05) is 5.69 Å². The zero-order valence-electron chi connectivity index (χ0n) is 11.3. The molecule has 0 aliphatic heterocycles. The van der Waals surface area contributed by atoms with Crippen LogP contribution in [0.5, 0.6) is 0 Å². The number of hydrogen-bond acceptors (Lipinski definition) is 5. The summed E-state index contributed by atoms with van der Waals surface area (Å²) in [6.07, 6.45) is 1.07. The lowest BCUT2D eigenvalue weighted by Crippen LogP contribution is -2.00. The maximum atomic E-state index is 13.6. The third-order valence-corrected chi connectivity index (χ3v) is 3.39. The van der Waals surface area contributed by atoms with Crippen molar-refractivity contribution in [1.82, 2.24) is 9.97 Å². The molecule has 0 atom stereocenters. The maximum absolute atomic E-state index is 13.6. The van der Waals surface area contributed by atoms with E-state index in [0.29, 0.717) is 5.69 Å². The second-order valence-corrected chi connectivity index (χ2v) is 4.93. The summed E-state index contributed by atoms with van der Waals surface area (Å²) in [5.74, 6) is -1.36. The highest BCUT2D eigenvalue weighted by Gasteiger charge is 2.21. The molecule has 0 bridgehead atoms. The molecular weight excluding hydrogens is 330 g/mol. The Labute approximate surface area is 132 Å². The maximum Gasteiger partial charge on any atom is 0.330 e. The van der Waals surface area contributed by atoms with Crippen molar-refractivity contribution in [2.75, 3.05) is 5.32 Å². The lowest BCUT2D eigenvalue weighted by Gasteiger charge is -2.09. The van der Waals surface area contributed by atoms with E-state index in [4.69, 9.17) is 11.6 Å². The molecule has 3 aromatic rings. The molecule has 0 aliphatic rings. The molecule has 0 aliphatic carbocycles. The van der Waals surface area contributed by atoms with Crippen LogP contribution in [0.3, 0.4) is 0 Å². The summed E-state index contributed by atoms with van der Waals surface area (Å²) in [6, 6.07) is 6.21. The highest BCUT2D eigenvalue weighted by Crippen LogP contribution is 2.31. The summed E-state index contributed by atoms with van der Waals surface area (Å²) in [5, 5.41) is 14.0. The van der Waals surface area contributed by atoms with Crippen LogP contribution in [0.2, 0.25) is 5.02 Å². The van der Waals surface area contributed by atoms with Crippen LogP contribution < -0.4 is 5.32 Å². The average Bonchev–Trinajstić information content (AvgIpc) is 2.50. The number of rotatable bonds is 3. The SMILES string of the molecule is O=[N+]([O-])c1c(F)ccc2c(Nc3ccc(F)c(Cl)c3)ncnc12. The number of fused-ring (bicyclic) bond motifs is 1. The van der Waals surface area contributed by atoms with Crippen LogP contribution in [0.25, 0.3) is 10.9 Å². The van der Waals surface area contributed by atoms with E-state index in [-0.39, 0.29) is 21.7 Å². The van der Waals surface area contributed by atoms with Crippen LogP contribution in [-0.2, 0) is 0 Å². The Bertz CT molecular complexity index is 936. The molecule has 9 heteroatoms. The summed E-state index contributed by atoms with van der Waals surface area (Å²) < 4.78 is 26.8. The summed E-state index contributed by atoms with van der Waals surface area (Å²) in [4.78, 5) is 17.9. The molecule has 0 fully saturated rings. The van der Waals surface area contributed by atoms with Crippen LogP contribution >= 0.6 is 11.6 Å². The van der Waals surface area contributed by atoms with Gasteiger partial charge in [0.05, 0.1) is 15.3 Å². The fourth-order valence-corrected chi connectivity index (χ4v) is 2.26. The van der Waals surface area contributed by atoms with Gasteiger partial charge >= 0.3 is 5.69 Å². The van der Waals surface area contributed by atoms with E-state index >= 15 is 0 Å². The van der Waals surface area contributed by atoms with E-state index in [1.807, 2.05) is 0 Å². The standard InChI is InChI=1S/C14H7ClF2N4O2/c15-9-5-7(1-3-10(9)16)20-14-8-2-4-11(17)13(21(22)23)12(8)18-6-19-14/h1-6H,(H,18,19,20). The Kier molecular flexibility index (Phi) is 3.75. The second kappa shape index (κ2) is 5.73. The van der Waals surface area contributed by atoms with Crippen LogP contribution in [0.4, 0.5) is 26.0 Å². The quantitative estimate of drug-likeness (QED) is 0.572. The predicted molar refractivity (Wildman–Crippen MR) is 80.8 cm³/mol. The van der Waals surface area contributed by atoms with Gasteiger partial charge in [0.15, 0.2) is 5.52 Å². The molecule has 23 heavy (non-hydrogen) atoms. The van der Waals surface area contributed by atoms with Crippen molar-refractivity contribution < 1.29 is 13.7 Å². The van der Waals surface area contributed by atoms with E-state index in [0.717, 1.165) is 18.5 Å². The smallest absolute Gasteiger partial charge is 0.330 e. The fraction of sp³-hybridized carbons (Fsp3) is 0. The Morgan fingerprint density at radius 3 is 2.57 bits per heavy atom. The van der Waals surface area contributed by atoms with Crippen LogP contribution in [0, 0.1) is 21.7 Å². The van der Waals surface area contributed by atoms with Crippen molar-refractivity contribution in [2.24, 2.45) is 0 Å². The predicted octanol–water partition coefficient (Wildman–Crippen LogP) is 4.21. The van der Waals surface area contributed by atoms with E-state index in [1.165, 1.54) is 18.2 Å². The third kappa shape index (κ3) is 2.76. The first kappa shape index (κ1) is 15.0. The van der Waals surface area contributed by atoms with Gasteiger partial charge in [0.2, 0.25) is 5.82 Å². The Morgan fingerprint density at radius 1 is 1.13 bits per heavy atom. The topological polar surface area (TPSA) is 81.0 Å². The molecule has 1 aromatic heterocycles. The van der Waals surface area contributed by atoms with Crippen molar-refractivity contribution in [2.45, 2.75) is 0 Å². The number of nitro benzene ring substituents is 1. The minimum atomic E-state index is -0.989. The second-order valence-electron chi connectivity index (χ2n) is 4.53. The Balaban J connectivity index is 2.13. The van der Waals surface area contributed by atoms with E-state index in [2.05, 4.69) is 15.3 Å². The molecule has 116 valence electrons. The van der Waals surface area contributed by atoms with Gasteiger partial charge in [-0.2, -0.15) is 4.39 Å². The highest BCUT2D eigenvalue weighted by molar-refractivity contribution is 6.31. The fourth-order valence-electron chi connectivity index (χ4n) is 2.07. The molecular formula is C14H7ClF2N4O2.